The van der Waals surface area contributed by atoms with Gasteiger partial charge in [-0.05, 0) is 25.1 Å². The number of halogens is 2. The number of hydrogen-bond acceptors (Lipinski definition) is 2. The normalized spacial score (nSPS) is 10.7. The van der Waals surface area contributed by atoms with Crippen LogP contribution in [0.15, 0.2) is 29.0 Å². The number of rotatable bonds is 2. The Hall–Kier alpha value is -1.36. The second-order valence-corrected chi connectivity index (χ2v) is 4.30. The molecule has 2 N–H and O–H groups in total. The first kappa shape index (κ1) is 11.1. The highest BCUT2D eigenvalue weighted by molar-refractivity contribution is 9.10. The highest BCUT2D eigenvalue weighted by Crippen LogP contribution is 2.28. The molecule has 3 nitrogen and oxygen atoms in total. The van der Waals surface area contributed by atoms with Crippen LogP contribution in [-0.4, -0.2) is 9.55 Å². The Kier molecular flexibility index (Phi) is 2.96. The van der Waals surface area contributed by atoms with Gasteiger partial charge in [-0.15, -0.1) is 0 Å². The molecule has 0 unspecified atom stereocenters. The molecule has 0 amide bonds. The molecular weight excluding hydrogens is 273 g/mol. The lowest BCUT2D eigenvalue weighted by Gasteiger charge is -2.03. The van der Waals surface area contributed by atoms with Crippen molar-refractivity contribution in [3.05, 3.63) is 34.8 Å². The predicted molar refractivity (Wildman–Crippen MR) is 65.4 cm³/mol. The molecule has 5 heteroatoms. The summed E-state index contributed by atoms with van der Waals surface area (Å²) in [5.74, 6) is 0.158. The maximum absolute atomic E-state index is 13.7. The highest BCUT2D eigenvalue weighted by Gasteiger charge is 2.13. The van der Waals surface area contributed by atoms with Crippen LogP contribution in [0.2, 0.25) is 0 Å². The van der Waals surface area contributed by atoms with Gasteiger partial charge < -0.3 is 10.3 Å². The maximum atomic E-state index is 13.7. The molecule has 16 heavy (non-hydrogen) atoms. The summed E-state index contributed by atoms with van der Waals surface area (Å²) in [7, 11) is 0. The second-order valence-electron chi connectivity index (χ2n) is 3.39. The largest absolute Gasteiger partial charge is 0.383 e. The molecule has 1 heterocycles. The molecule has 0 spiro atoms. The van der Waals surface area contributed by atoms with Crippen molar-refractivity contribution < 1.29 is 4.39 Å². The van der Waals surface area contributed by atoms with Crippen LogP contribution < -0.4 is 5.73 Å². The van der Waals surface area contributed by atoms with Crippen molar-refractivity contribution in [3.8, 4) is 11.3 Å². The summed E-state index contributed by atoms with van der Waals surface area (Å²) in [4.78, 5) is 4.13. The Labute approximate surface area is 101 Å². The second kappa shape index (κ2) is 4.25. The van der Waals surface area contributed by atoms with Crippen LogP contribution in [0.5, 0.6) is 0 Å². The van der Waals surface area contributed by atoms with E-state index in [0.717, 1.165) is 6.54 Å². The van der Waals surface area contributed by atoms with Crippen molar-refractivity contribution in [2.75, 3.05) is 5.73 Å². The molecule has 84 valence electrons. The van der Waals surface area contributed by atoms with E-state index in [-0.39, 0.29) is 5.82 Å². The Morgan fingerprint density at radius 2 is 2.25 bits per heavy atom. The molecular formula is C11H11BrFN3. The third-order valence-electron chi connectivity index (χ3n) is 2.41. The molecule has 0 aliphatic heterocycles. The van der Waals surface area contributed by atoms with E-state index in [9.17, 15) is 4.39 Å². The van der Waals surface area contributed by atoms with Gasteiger partial charge >= 0.3 is 0 Å². The van der Waals surface area contributed by atoms with Gasteiger partial charge in [0.15, 0.2) is 0 Å². The Morgan fingerprint density at radius 3 is 2.81 bits per heavy atom. The zero-order chi connectivity index (χ0) is 11.7. The fraction of sp³-hybridized carbons (Fsp3) is 0.182. The lowest BCUT2D eigenvalue weighted by atomic mass is 10.1. The van der Waals surface area contributed by atoms with Crippen molar-refractivity contribution in [2.45, 2.75) is 13.5 Å². The van der Waals surface area contributed by atoms with Crippen LogP contribution >= 0.6 is 15.9 Å². The fourth-order valence-electron chi connectivity index (χ4n) is 1.53. The monoisotopic (exact) mass is 283 g/mol. The Bertz CT molecular complexity index is 522. The molecule has 0 radical (unpaired) electrons. The number of hydrogen-bond donors (Lipinski definition) is 1. The van der Waals surface area contributed by atoms with Gasteiger partial charge in [0.1, 0.15) is 17.3 Å². The number of nitrogens with zero attached hydrogens (tertiary/aromatic N) is 2. The average molecular weight is 284 g/mol. The molecule has 0 aliphatic carbocycles. The number of benzene rings is 1. The smallest absolute Gasteiger partial charge is 0.133 e. The lowest BCUT2D eigenvalue weighted by Crippen LogP contribution is -2.00. The highest BCUT2D eigenvalue weighted by atomic mass is 79.9. The first-order valence-electron chi connectivity index (χ1n) is 4.89. The molecule has 0 aliphatic rings. The van der Waals surface area contributed by atoms with E-state index >= 15 is 0 Å². The van der Waals surface area contributed by atoms with Crippen LogP contribution in [0.1, 0.15) is 6.92 Å². The van der Waals surface area contributed by atoms with Crippen molar-refractivity contribution in [2.24, 2.45) is 0 Å². The van der Waals surface area contributed by atoms with E-state index in [2.05, 4.69) is 20.9 Å². The molecule has 0 saturated carbocycles. The minimum atomic E-state index is -0.331. The summed E-state index contributed by atoms with van der Waals surface area (Å²) in [5.41, 5.74) is 6.79. The fourth-order valence-corrected chi connectivity index (χ4v) is 1.87. The van der Waals surface area contributed by atoms with Crippen LogP contribution in [0, 0.1) is 5.82 Å². The molecule has 2 rings (SSSR count). The summed E-state index contributed by atoms with van der Waals surface area (Å²) < 4.78 is 16.2. The summed E-state index contributed by atoms with van der Waals surface area (Å²) >= 11 is 3.21. The van der Waals surface area contributed by atoms with E-state index in [0.29, 0.717) is 21.5 Å². The predicted octanol–water partition coefficient (Wildman–Crippen LogP) is 3.05. The quantitative estimate of drug-likeness (QED) is 0.921. The first-order chi connectivity index (χ1) is 7.63. The lowest BCUT2D eigenvalue weighted by molar-refractivity contribution is 0.630. The van der Waals surface area contributed by atoms with Crippen molar-refractivity contribution >= 4 is 21.7 Å². The van der Waals surface area contributed by atoms with Gasteiger partial charge in [0.25, 0.3) is 0 Å². The zero-order valence-electron chi connectivity index (χ0n) is 8.74. The number of nitrogen functional groups attached to an aromatic ring is 1. The van der Waals surface area contributed by atoms with Gasteiger partial charge in [0.05, 0.1) is 6.33 Å². The van der Waals surface area contributed by atoms with Gasteiger partial charge in [-0.1, -0.05) is 15.9 Å². The number of aryl methyl sites for hydroxylation is 1. The standard InChI is InChI=1S/C11H11BrFN3/c1-2-16-6-15-10(11(16)14)8-4-3-7(12)5-9(8)13/h3-6H,2,14H2,1H3. The molecule has 0 bridgehead atoms. The average Bonchev–Trinajstić information content (AvgIpc) is 2.60. The molecule has 0 saturated heterocycles. The number of imidazole rings is 1. The minimum Gasteiger partial charge on any atom is -0.383 e. The molecule has 0 atom stereocenters. The van der Waals surface area contributed by atoms with Crippen LogP contribution in [0.4, 0.5) is 10.2 Å². The van der Waals surface area contributed by atoms with Gasteiger partial charge in [-0.3, -0.25) is 0 Å². The Balaban J connectivity index is 2.54. The van der Waals surface area contributed by atoms with Gasteiger partial charge in [-0.25, -0.2) is 9.37 Å². The van der Waals surface area contributed by atoms with E-state index in [1.54, 1.807) is 23.0 Å². The van der Waals surface area contributed by atoms with Gasteiger partial charge in [-0.2, -0.15) is 0 Å². The van der Waals surface area contributed by atoms with Gasteiger partial charge in [0, 0.05) is 16.6 Å². The Morgan fingerprint density at radius 1 is 1.50 bits per heavy atom. The van der Waals surface area contributed by atoms with E-state index < -0.39 is 0 Å². The van der Waals surface area contributed by atoms with Crippen LogP contribution in [0.3, 0.4) is 0 Å². The van der Waals surface area contributed by atoms with E-state index in [1.807, 2.05) is 6.92 Å². The van der Waals surface area contributed by atoms with Crippen LogP contribution in [-0.2, 0) is 6.54 Å². The molecule has 2 aromatic rings. The third kappa shape index (κ3) is 1.82. The molecule has 1 aromatic carbocycles. The summed E-state index contributed by atoms with van der Waals surface area (Å²) in [5, 5.41) is 0. The third-order valence-corrected chi connectivity index (χ3v) is 2.90. The molecule has 1 aromatic heterocycles. The summed E-state index contributed by atoms with van der Waals surface area (Å²) in [6.45, 7) is 2.68. The van der Waals surface area contributed by atoms with Crippen LogP contribution in [0.25, 0.3) is 11.3 Å². The number of anilines is 1. The topological polar surface area (TPSA) is 43.8 Å². The number of aromatic nitrogens is 2. The summed E-state index contributed by atoms with van der Waals surface area (Å²) in [6.07, 6.45) is 1.62. The van der Waals surface area contributed by atoms with Crippen molar-refractivity contribution in [1.29, 1.82) is 0 Å². The van der Waals surface area contributed by atoms with Crippen molar-refractivity contribution in [1.82, 2.24) is 9.55 Å². The van der Waals surface area contributed by atoms with E-state index in [4.69, 9.17) is 5.73 Å². The summed E-state index contributed by atoms with van der Waals surface area (Å²) in [6, 6.07) is 4.83. The minimum absolute atomic E-state index is 0.331. The zero-order valence-corrected chi connectivity index (χ0v) is 10.3. The van der Waals surface area contributed by atoms with Gasteiger partial charge in [0.2, 0.25) is 0 Å². The molecule has 0 fully saturated rings. The maximum Gasteiger partial charge on any atom is 0.133 e. The van der Waals surface area contributed by atoms with E-state index in [1.165, 1.54) is 6.07 Å². The van der Waals surface area contributed by atoms with Crippen molar-refractivity contribution in [3.63, 3.8) is 0 Å². The number of nitrogens with two attached hydrogens (primary N) is 1. The first-order valence-corrected chi connectivity index (χ1v) is 5.68. The SMILES string of the molecule is CCn1cnc(-c2ccc(Br)cc2F)c1N.